The molecular weight excluding hydrogens is 204 g/mol. The Morgan fingerprint density at radius 1 is 1.69 bits per heavy atom. The van der Waals surface area contributed by atoms with Crippen LogP contribution < -0.4 is 11.1 Å². The zero-order valence-corrected chi connectivity index (χ0v) is 9.94. The predicted molar refractivity (Wildman–Crippen MR) is 62.5 cm³/mol. The highest BCUT2D eigenvalue weighted by molar-refractivity contribution is 5.75. The van der Waals surface area contributed by atoms with Crippen molar-refractivity contribution in [3.8, 4) is 0 Å². The van der Waals surface area contributed by atoms with Gasteiger partial charge in [0.15, 0.2) is 0 Å². The second-order valence-corrected chi connectivity index (χ2v) is 4.18. The van der Waals surface area contributed by atoms with Gasteiger partial charge in [-0.3, -0.25) is 9.48 Å². The van der Waals surface area contributed by atoms with Crippen molar-refractivity contribution in [2.45, 2.75) is 26.3 Å². The Labute approximate surface area is 96.0 Å². The number of amides is 1. The molecule has 1 aromatic heterocycles. The zero-order chi connectivity index (χ0) is 12.0. The Hall–Kier alpha value is -1.36. The van der Waals surface area contributed by atoms with Gasteiger partial charge in [-0.1, -0.05) is 6.92 Å². The maximum Gasteiger partial charge on any atom is 0.220 e. The van der Waals surface area contributed by atoms with Crippen molar-refractivity contribution in [1.82, 2.24) is 15.1 Å². The number of hydrogen-bond acceptors (Lipinski definition) is 3. The molecule has 0 aliphatic carbocycles. The van der Waals surface area contributed by atoms with Crippen LogP contribution >= 0.6 is 0 Å². The van der Waals surface area contributed by atoms with E-state index in [1.807, 2.05) is 20.2 Å². The van der Waals surface area contributed by atoms with Crippen molar-refractivity contribution in [2.75, 3.05) is 6.54 Å². The van der Waals surface area contributed by atoms with Gasteiger partial charge in [-0.2, -0.15) is 5.10 Å². The number of nitrogens with zero attached hydrogens (tertiary/aromatic N) is 2. The van der Waals surface area contributed by atoms with Crippen LogP contribution in [0.1, 0.15) is 25.3 Å². The number of hydrogen-bond donors (Lipinski definition) is 2. The number of carbonyl (C=O) groups excluding carboxylic acids is 1. The molecule has 5 heteroatoms. The Morgan fingerprint density at radius 3 is 3.00 bits per heavy atom. The molecule has 1 heterocycles. The van der Waals surface area contributed by atoms with Crippen molar-refractivity contribution in [1.29, 1.82) is 0 Å². The predicted octanol–water partition coefficient (Wildman–Crippen LogP) is 0.411. The Balaban J connectivity index is 2.20. The standard InChI is InChI=1S/C11H20N4O/c1-9(5-12)3-4-11(16)13-6-10-7-14-15(2)8-10/h7-9H,3-6,12H2,1-2H3,(H,13,16). The molecule has 0 aromatic carbocycles. The van der Waals surface area contributed by atoms with Crippen LogP contribution in [0, 0.1) is 5.92 Å². The first kappa shape index (κ1) is 12.7. The highest BCUT2D eigenvalue weighted by atomic mass is 16.1. The van der Waals surface area contributed by atoms with Gasteiger partial charge in [0, 0.05) is 31.8 Å². The van der Waals surface area contributed by atoms with E-state index in [0.717, 1.165) is 12.0 Å². The van der Waals surface area contributed by atoms with E-state index in [1.54, 1.807) is 10.9 Å². The van der Waals surface area contributed by atoms with Crippen LogP contribution in [-0.4, -0.2) is 22.2 Å². The van der Waals surface area contributed by atoms with Gasteiger partial charge in [-0.15, -0.1) is 0 Å². The van der Waals surface area contributed by atoms with Crippen LogP contribution in [0.4, 0.5) is 0 Å². The second kappa shape index (κ2) is 6.27. The van der Waals surface area contributed by atoms with E-state index in [-0.39, 0.29) is 5.91 Å². The maximum atomic E-state index is 11.5. The molecule has 0 spiro atoms. The molecule has 90 valence electrons. The fraction of sp³-hybridized carbons (Fsp3) is 0.636. The van der Waals surface area contributed by atoms with Gasteiger partial charge < -0.3 is 11.1 Å². The van der Waals surface area contributed by atoms with E-state index in [9.17, 15) is 4.79 Å². The fourth-order valence-electron chi connectivity index (χ4n) is 1.35. The minimum Gasteiger partial charge on any atom is -0.352 e. The maximum absolute atomic E-state index is 11.5. The summed E-state index contributed by atoms with van der Waals surface area (Å²) in [6, 6.07) is 0. The number of nitrogens with two attached hydrogens (primary N) is 1. The number of aryl methyl sites for hydroxylation is 1. The van der Waals surface area contributed by atoms with Gasteiger partial charge >= 0.3 is 0 Å². The molecule has 0 bridgehead atoms. The second-order valence-electron chi connectivity index (χ2n) is 4.18. The normalized spacial score (nSPS) is 12.4. The molecule has 0 saturated carbocycles. The van der Waals surface area contributed by atoms with Gasteiger partial charge in [0.25, 0.3) is 0 Å². The van der Waals surface area contributed by atoms with Gasteiger partial charge in [0.2, 0.25) is 5.91 Å². The first-order valence-electron chi connectivity index (χ1n) is 5.56. The van der Waals surface area contributed by atoms with Crippen molar-refractivity contribution in [2.24, 2.45) is 18.7 Å². The average Bonchev–Trinajstić information content (AvgIpc) is 2.69. The van der Waals surface area contributed by atoms with Gasteiger partial charge in [-0.05, 0) is 18.9 Å². The van der Waals surface area contributed by atoms with E-state index in [0.29, 0.717) is 25.4 Å². The molecule has 1 rings (SSSR count). The summed E-state index contributed by atoms with van der Waals surface area (Å²) >= 11 is 0. The van der Waals surface area contributed by atoms with Crippen LogP contribution in [0.2, 0.25) is 0 Å². The molecule has 0 saturated heterocycles. The van der Waals surface area contributed by atoms with Crippen LogP contribution in [-0.2, 0) is 18.4 Å². The number of aromatic nitrogens is 2. The summed E-state index contributed by atoms with van der Waals surface area (Å²) in [7, 11) is 1.86. The first-order chi connectivity index (χ1) is 7.61. The minimum absolute atomic E-state index is 0.0733. The average molecular weight is 224 g/mol. The van der Waals surface area contributed by atoms with Gasteiger partial charge in [0.05, 0.1) is 6.20 Å². The molecule has 0 fully saturated rings. The molecule has 1 aromatic rings. The van der Waals surface area contributed by atoms with Gasteiger partial charge in [0.1, 0.15) is 0 Å². The number of carbonyl (C=O) groups is 1. The fourth-order valence-corrected chi connectivity index (χ4v) is 1.35. The third-order valence-electron chi connectivity index (χ3n) is 2.51. The Morgan fingerprint density at radius 2 is 2.44 bits per heavy atom. The summed E-state index contributed by atoms with van der Waals surface area (Å²) in [5.41, 5.74) is 6.50. The topological polar surface area (TPSA) is 72.9 Å². The van der Waals surface area contributed by atoms with Crippen LogP contribution in [0.3, 0.4) is 0 Å². The third kappa shape index (κ3) is 4.44. The SMILES string of the molecule is CC(CN)CCC(=O)NCc1cnn(C)c1. The minimum atomic E-state index is 0.0733. The molecule has 1 amide bonds. The van der Waals surface area contributed by atoms with E-state index >= 15 is 0 Å². The molecule has 1 unspecified atom stereocenters. The monoisotopic (exact) mass is 224 g/mol. The van der Waals surface area contributed by atoms with Crippen LogP contribution in [0.5, 0.6) is 0 Å². The molecule has 0 aliphatic rings. The smallest absolute Gasteiger partial charge is 0.220 e. The van der Waals surface area contributed by atoms with Crippen LogP contribution in [0.15, 0.2) is 12.4 Å². The van der Waals surface area contributed by atoms with Crippen LogP contribution in [0.25, 0.3) is 0 Å². The highest BCUT2D eigenvalue weighted by Crippen LogP contribution is 2.03. The summed E-state index contributed by atoms with van der Waals surface area (Å²) in [6.45, 7) is 3.23. The quantitative estimate of drug-likeness (QED) is 0.735. The largest absolute Gasteiger partial charge is 0.352 e. The summed E-state index contributed by atoms with van der Waals surface area (Å²) in [4.78, 5) is 11.5. The Bertz CT molecular complexity index is 334. The Kier molecular flexibility index (Phi) is 4.98. The van der Waals surface area contributed by atoms with E-state index < -0.39 is 0 Å². The highest BCUT2D eigenvalue weighted by Gasteiger charge is 2.05. The van der Waals surface area contributed by atoms with Crippen molar-refractivity contribution >= 4 is 5.91 Å². The molecule has 0 radical (unpaired) electrons. The molecule has 16 heavy (non-hydrogen) atoms. The van der Waals surface area contributed by atoms with Crippen molar-refractivity contribution in [3.05, 3.63) is 18.0 Å². The summed E-state index contributed by atoms with van der Waals surface area (Å²) < 4.78 is 1.72. The lowest BCUT2D eigenvalue weighted by Gasteiger charge is -2.07. The number of rotatable bonds is 6. The lowest BCUT2D eigenvalue weighted by atomic mass is 10.1. The molecule has 5 nitrogen and oxygen atoms in total. The van der Waals surface area contributed by atoms with Gasteiger partial charge in [-0.25, -0.2) is 0 Å². The van der Waals surface area contributed by atoms with E-state index in [2.05, 4.69) is 10.4 Å². The molecule has 0 aliphatic heterocycles. The molecular formula is C11H20N4O. The zero-order valence-electron chi connectivity index (χ0n) is 9.94. The van der Waals surface area contributed by atoms with E-state index in [4.69, 9.17) is 5.73 Å². The lowest BCUT2D eigenvalue weighted by molar-refractivity contribution is -0.121. The molecule has 1 atom stereocenters. The third-order valence-corrected chi connectivity index (χ3v) is 2.51. The number of nitrogens with one attached hydrogen (secondary N) is 1. The first-order valence-corrected chi connectivity index (χ1v) is 5.56. The summed E-state index contributed by atoms with van der Waals surface area (Å²) in [5.74, 6) is 0.480. The van der Waals surface area contributed by atoms with E-state index in [1.165, 1.54) is 0 Å². The van der Waals surface area contributed by atoms with Crippen molar-refractivity contribution < 1.29 is 4.79 Å². The molecule has 3 N–H and O–H groups in total. The summed E-state index contributed by atoms with van der Waals surface area (Å²) in [6.07, 6.45) is 5.03. The lowest BCUT2D eigenvalue weighted by Crippen LogP contribution is -2.23. The van der Waals surface area contributed by atoms with Crippen molar-refractivity contribution in [3.63, 3.8) is 0 Å². The summed E-state index contributed by atoms with van der Waals surface area (Å²) in [5, 5.41) is 6.89.